The van der Waals surface area contributed by atoms with Gasteiger partial charge in [0.05, 0.1) is 19.6 Å². The number of methoxy groups -OCH3 is 3. The van der Waals surface area contributed by atoms with E-state index in [2.05, 4.69) is 20.8 Å². The van der Waals surface area contributed by atoms with Gasteiger partial charge in [-0.05, 0) is 25.7 Å². The minimum atomic E-state index is -6.09. The number of hydrogen-bond acceptors (Lipinski definition) is 8. The predicted molar refractivity (Wildman–Crippen MR) is 139 cm³/mol. The van der Waals surface area contributed by atoms with E-state index in [0.717, 1.165) is 6.42 Å². The van der Waals surface area contributed by atoms with Crippen LogP contribution in [0.1, 0.15) is 53.4 Å². The molecule has 2 fully saturated rings. The van der Waals surface area contributed by atoms with Gasteiger partial charge in [0.1, 0.15) is 20.2 Å². The number of amides is 4. The molecule has 0 aromatic rings. The molecule has 2 aliphatic rings. The van der Waals surface area contributed by atoms with Gasteiger partial charge in [-0.2, -0.15) is 13.2 Å². The van der Waals surface area contributed by atoms with Gasteiger partial charge in [0.25, 0.3) is 0 Å². The molecular formula is C23H46F3N5O8S. The fraction of sp³-hybridized carbons (Fsp3) is 0.913. The first-order valence-electron chi connectivity index (χ1n) is 13.2. The molecule has 0 aliphatic carbocycles. The highest BCUT2D eigenvalue weighted by molar-refractivity contribution is 7.86. The third-order valence-corrected chi connectivity index (χ3v) is 6.46. The largest absolute Gasteiger partial charge is 0.741 e. The lowest BCUT2D eigenvalue weighted by Crippen LogP contribution is -3.11. The normalized spacial score (nSPS) is 19.1. The van der Waals surface area contributed by atoms with Gasteiger partial charge in [0.15, 0.2) is 22.4 Å². The van der Waals surface area contributed by atoms with Crippen molar-refractivity contribution in [2.24, 2.45) is 0 Å². The van der Waals surface area contributed by atoms with E-state index in [9.17, 15) is 22.8 Å². The molecule has 0 bridgehead atoms. The summed E-state index contributed by atoms with van der Waals surface area (Å²) in [6.45, 7) is 13.8. The van der Waals surface area contributed by atoms with E-state index >= 15 is 0 Å². The topological polar surface area (TPSA) is 136 Å². The predicted octanol–water partition coefficient (Wildman–Crippen LogP) is 1.49. The van der Waals surface area contributed by atoms with Gasteiger partial charge < -0.3 is 23.7 Å². The van der Waals surface area contributed by atoms with Crippen molar-refractivity contribution in [2.75, 3.05) is 67.7 Å². The van der Waals surface area contributed by atoms with Crippen LogP contribution in [0.2, 0.25) is 0 Å². The van der Waals surface area contributed by atoms with Crippen LogP contribution in [0.15, 0.2) is 0 Å². The Hall–Kier alpha value is -1.92. The maximum absolute atomic E-state index is 12.6. The van der Waals surface area contributed by atoms with Crippen LogP contribution in [0, 0.1) is 0 Å². The zero-order valence-electron chi connectivity index (χ0n) is 24.5. The summed E-state index contributed by atoms with van der Waals surface area (Å²) in [5, 5.41) is 0. The Morgan fingerprint density at radius 2 is 1.02 bits per heavy atom. The molecule has 2 heterocycles. The zero-order chi connectivity index (χ0) is 31.1. The molecule has 2 rings (SSSR count). The molecule has 2 aliphatic heterocycles. The van der Waals surface area contributed by atoms with E-state index in [0.29, 0.717) is 6.54 Å². The molecule has 2 saturated heterocycles. The number of urea groups is 2. The van der Waals surface area contributed by atoms with E-state index in [-0.39, 0.29) is 32.3 Å². The monoisotopic (exact) mass is 609 g/mol. The number of ether oxygens (including phenoxy) is 3. The quantitative estimate of drug-likeness (QED) is 0.231. The molecule has 2 unspecified atom stereocenters. The van der Waals surface area contributed by atoms with Crippen LogP contribution in [0.4, 0.5) is 22.8 Å². The Bertz CT molecular complexity index is 769. The van der Waals surface area contributed by atoms with E-state index in [1.807, 2.05) is 6.92 Å². The van der Waals surface area contributed by atoms with Crippen LogP contribution in [-0.4, -0.2) is 130 Å². The van der Waals surface area contributed by atoms with Crippen molar-refractivity contribution in [3.05, 3.63) is 0 Å². The number of rotatable bonds is 14. The lowest BCUT2D eigenvalue weighted by molar-refractivity contribution is -0.900. The van der Waals surface area contributed by atoms with Crippen molar-refractivity contribution < 1.29 is 54.8 Å². The van der Waals surface area contributed by atoms with Crippen molar-refractivity contribution in [1.82, 2.24) is 19.6 Å². The third kappa shape index (κ3) is 10.8. The Balaban J connectivity index is 0.000000701. The van der Waals surface area contributed by atoms with Gasteiger partial charge in [0.2, 0.25) is 0 Å². The van der Waals surface area contributed by atoms with Crippen LogP contribution in [0.5, 0.6) is 0 Å². The number of fused-ring (bicyclic) bond motifs is 1. The van der Waals surface area contributed by atoms with Crippen LogP contribution >= 0.6 is 0 Å². The van der Waals surface area contributed by atoms with Crippen LogP contribution in [0.25, 0.3) is 0 Å². The van der Waals surface area contributed by atoms with Crippen molar-refractivity contribution in [2.45, 2.75) is 71.2 Å². The van der Waals surface area contributed by atoms with Crippen LogP contribution in [-0.2, 0) is 24.3 Å². The van der Waals surface area contributed by atoms with Crippen LogP contribution < -0.4 is 4.90 Å². The SMILES string of the molecule is CCCN1C(=O)N(COC)C2C1N(COC)C(=O)N2COC.CCC[NH+](CCC)CCC.O=S(=O)([O-])C(F)(F)F. The number of nitrogens with one attached hydrogen (secondary N) is 1. The fourth-order valence-electron chi connectivity index (χ4n) is 4.48. The minimum absolute atomic E-state index is 0.105. The summed E-state index contributed by atoms with van der Waals surface area (Å²) in [5.74, 6) is 0. The second-order valence-electron chi connectivity index (χ2n) is 9.15. The number of hydrogen-bond donors (Lipinski definition) is 1. The summed E-state index contributed by atoms with van der Waals surface area (Å²) in [6, 6.07) is -0.359. The summed E-state index contributed by atoms with van der Waals surface area (Å²) >= 11 is 0. The van der Waals surface area contributed by atoms with Crippen molar-refractivity contribution in [3.8, 4) is 0 Å². The molecule has 4 amide bonds. The summed E-state index contributed by atoms with van der Waals surface area (Å²) < 4.78 is 74.3. The molecule has 238 valence electrons. The maximum atomic E-state index is 12.6. The Morgan fingerprint density at radius 1 is 0.725 bits per heavy atom. The number of alkyl halides is 3. The van der Waals surface area contributed by atoms with E-state index in [1.165, 1.54) is 65.1 Å². The Labute approximate surface area is 235 Å². The fourth-order valence-corrected chi connectivity index (χ4v) is 4.48. The number of nitrogens with zero attached hydrogens (tertiary/aromatic N) is 4. The molecule has 0 radical (unpaired) electrons. The minimum Gasteiger partial charge on any atom is -0.741 e. The Kier molecular flexibility index (Phi) is 17.6. The highest BCUT2D eigenvalue weighted by Gasteiger charge is 2.58. The Morgan fingerprint density at radius 3 is 1.27 bits per heavy atom. The standard InChI is InChI=1S/C13H24N4O5.C9H21N.CHF3O3S/c1-5-6-14-10-11(16(8-21-3)12(14)18)17(9-22-4)13(19)15(10)7-20-2;1-4-7-10(8-5-2)9-6-3;2-1(3,4)8(5,6)7/h10-11H,5-9H2,1-4H3;4-9H2,1-3H3;(H,5,6,7). The third-order valence-electron chi connectivity index (χ3n) is 5.89. The second kappa shape index (κ2) is 18.5. The summed E-state index contributed by atoms with van der Waals surface area (Å²) in [7, 11) is -1.53. The summed E-state index contributed by atoms with van der Waals surface area (Å²) in [4.78, 5) is 33.3. The molecule has 0 aromatic carbocycles. The van der Waals surface area contributed by atoms with Gasteiger partial charge in [-0.1, -0.05) is 27.7 Å². The number of halogens is 3. The number of carbonyl (C=O) groups is 2. The van der Waals surface area contributed by atoms with Gasteiger partial charge in [0, 0.05) is 27.9 Å². The number of carbonyl (C=O) groups excluding carboxylic acids is 2. The van der Waals surface area contributed by atoms with Gasteiger partial charge in [-0.25, -0.2) is 18.0 Å². The lowest BCUT2D eigenvalue weighted by atomic mass is 10.3. The van der Waals surface area contributed by atoms with Crippen molar-refractivity contribution >= 4 is 22.2 Å². The molecule has 0 spiro atoms. The second-order valence-corrected chi connectivity index (χ2v) is 10.5. The van der Waals surface area contributed by atoms with Crippen molar-refractivity contribution in [1.29, 1.82) is 0 Å². The van der Waals surface area contributed by atoms with Crippen molar-refractivity contribution in [3.63, 3.8) is 0 Å². The molecule has 13 nitrogen and oxygen atoms in total. The molecule has 1 N–H and O–H groups in total. The van der Waals surface area contributed by atoms with E-state index < -0.39 is 28.0 Å². The van der Waals surface area contributed by atoms with Gasteiger partial charge in [-0.15, -0.1) is 0 Å². The summed E-state index contributed by atoms with van der Waals surface area (Å²) in [6.07, 6.45) is 3.95. The van der Waals surface area contributed by atoms with Gasteiger partial charge in [-0.3, -0.25) is 19.6 Å². The first kappa shape index (κ1) is 38.1. The molecular weight excluding hydrogens is 563 g/mol. The molecule has 0 saturated carbocycles. The maximum Gasteiger partial charge on any atom is 0.485 e. The summed E-state index contributed by atoms with van der Waals surface area (Å²) in [5.41, 5.74) is -5.65. The molecule has 2 atom stereocenters. The molecule has 0 aromatic heterocycles. The average molecular weight is 610 g/mol. The smallest absolute Gasteiger partial charge is 0.485 e. The first-order chi connectivity index (χ1) is 18.7. The van der Waals surface area contributed by atoms with E-state index in [1.54, 1.807) is 19.6 Å². The van der Waals surface area contributed by atoms with E-state index in [4.69, 9.17) is 27.2 Å². The highest BCUT2D eigenvalue weighted by atomic mass is 32.2. The average Bonchev–Trinajstić information content (AvgIpc) is 3.27. The zero-order valence-corrected chi connectivity index (χ0v) is 25.3. The lowest BCUT2D eigenvalue weighted by Gasteiger charge is -2.28. The number of quaternary nitrogens is 1. The highest BCUT2D eigenvalue weighted by Crippen LogP contribution is 2.34. The first-order valence-corrected chi connectivity index (χ1v) is 14.6. The van der Waals surface area contributed by atoms with Crippen LogP contribution in [0.3, 0.4) is 0 Å². The molecule has 40 heavy (non-hydrogen) atoms. The van der Waals surface area contributed by atoms with Gasteiger partial charge >= 0.3 is 17.6 Å². The molecule has 17 heteroatoms.